The van der Waals surface area contributed by atoms with Crippen molar-refractivity contribution in [2.24, 2.45) is 0 Å². The zero-order chi connectivity index (χ0) is 17.7. The van der Waals surface area contributed by atoms with Crippen LogP contribution in [0.5, 0.6) is 5.75 Å². The van der Waals surface area contributed by atoms with Crippen molar-refractivity contribution < 1.29 is 9.84 Å². The van der Waals surface area contributed by atoms with Gasteiger partial charge in [0.1, 0.15) is 18.5 Å². The van der Waals surface area contributed by atoms with E-state index in [4.69, 9.17) is 16.3 Å². The summed E-state index contributed by atoms with van der Waals surface area (Å²) in [5.41, 5.74) is 0. The van der Waals surface area contributed by atoms with Crippen LogP contribution in [0.25, 0.3) is 0 Å². The van der Waals surface area contributed by atoms with E-state index in [1.54, 1.807) is 12.1 Å². The van der Waals surface area contributed by atoms with Gasteiger partial charge in [0.2, 0.25) is 0 Å². The minimum absolute atomic E-state index is 0. The molecule has 1 aromatic carbocycles. The molecule has 1 aliphatic carbocycles. The van der Waals surface area contributed by atoms with E-state index in [1.807, 2.05) is 12.1 Å². The van der Waals surface area contributed by atoms with Crippen molar-refractivity contribution in [1.82, 2.24) is 5.32 Å². The van der Waals surface area contributed by atoms with Gasteiger partial charge in [0.05, 0.1) is 0 Å². The Balaban J connectivity index is 0.00000338. The van der Waals surface area contributed by atoms with Gasteiger partial charge in [0.15, 0.2) is 0 Å². The molecule has 0 aromatic heterocycles. The number of rotatable bonds is 6. The normalized spacial score (nSPS) is 18.8. The van der Waals surface area contributed by atoms with Gasteiger partial charge in [-0.15, -0.1) is 12.4 Å². The molecule has 1 aromatic rings. The maximum absolute atomic E-state index is 10.2. The molecule has 5 heteroatoms. The quantitative estimate of drug-likeness (QED) is 0.633. The van der Waals surface area contributed by atoms with Crippen LogP contribution in [0.15, 0.2) is 24.3 Å². The van der Waals surface area contributed by atoms with Gasteiger partial charge in [-0.1, -0.05) is 69.4 Å². The summed E-state index contributed by atoms with van der Waals surface area (Å²) in [6.07, 6.45) is 14.2. The minimum Gasteiger partial charge on any atom is -0.491 e. The molecule has 0 radical (unpaired) electrons. The Kier molecular flexibility index (Phi) is 13.2. The summed E-state index contributed by atoms with van der Waals surface area (Å²) >= 11 is 5.86. The van der Waals surface area contributed by atoms with E-state index in [9.17, 15) is 5.11 Å². The van der Waals surface area contributed by atoms with Crippen molar-refractivity contribution in [1.29, 1.82) is 0 Å². The fraction of sp³-hybridized carbons (Fsp3) is 0.714. The first-order chi connectivity index (χ1) is 12.2. The third-order valence-corrected chi connectivity index (χ3v) is 5.26. The van der Waals surface area contributed by atoms with Crippen LogP contribution in [-0.4, -0.2) is 30.4 Å². The van der Waals surface area contributed by atoms with E-state index in [1.165, 1.54) is 70.6 Å². The van der Waals surface area contributed by atoms with Gasteiger partial charge in [-0.25, -0.2) is 0 Å². The first-order valence-corrected chi connectivity index (χ1v) is 10.4. The highest BCUT2D eigenvalue weighted by atomic mass is 35.5. The second kappa shape index (κ2) is 14.6. The molecule has 1 fully saturated rings. The van der Waals surface area contributed by atoms with Crippen LogP contribution >= 0.6 is 24.0 Å². The molecule has 1 aliphatic rings. The van der Waals surface area contributed by atoms with E-state index in [0.717, 1.165) is 5.75 Å². The van der Waals surface area contributed by atoms with Crippen molar-refractivity contribution >= 4 is 24.0 Å². The number of halogens is 2. The van der Waals surface area contributed by atoms with Crippen molar-refractivity contribution in [3.8, 4) is 5.75 Å². The highest BCUT2D eigenvalue weighted by Crippen LogP contribution is 2.17. The van der Waals surface area contributed by atoms with Crippen molar-refractivity contribution in [3.63, 3.8) is 0 Å². The number of nitrogens with one attached hydrogen (secondary N) is 1. The molecule has 2 N–H and O–H groups in total. The van der Waals surface area contributed by atoms with E-state index >= 15 is 0 Å². The number of hydrogen-bond donors (Lipinski definition) is 2. The van der Waals surface area contributed by atoms with Crippen molar-refractivity contribution in [2.75, 3.05) is 13.2 Å². The predicted octanol–water partition coefficient (Wildman–Crippen LogP) is 5.76. The van der Waals surface area contributed by atoms with E-state index in [2.05, 4.69) is 5.32 Å². The van der Waals surface area contributed by atoms with E-state index in [0.29, 0.717) is 24.2 Å². The molecule has 150 valence electrons. The lowest BCUT2D eigenvalue weighted by molar-refractivity contribution is 0.102. The number of aliphatic hydroxyl groups is 1. The molecule has 0 aliphatic heterocycles. The second-order valence-corrected chi connectivity index (χ2v) is 7.72. The Bertz CT molecular complexity index is 444. The molecule has 3 nitrogen and oxygen atoms in total. The average molecular weight is 404 g/mol. The lowest BCUT2D eigenvalue weighted by atomic mass is 9.98. The Labute approximate surface area is 170 Å². The summed E-state index contributed by atoms with van der Waals surface area (Å²) in [5, 5.41) is 14.5. The largest absolute Gasteiger partial charge is 0.491 e. The first-order valence-electron chi connectivity index (χ1n) is 10.0. The van der Waals surface area contributed by atoms with Crippen molar-refractivity contribution in [2.45, 2.75) is 82.8 Å². The lowest BCUT2D eigenvalue weighted by Crippen LogP contribution is -2.38. The van der Waals surface area contributed by atoms with Crippen LogP contribution in [0.1, 0.15) is 70.6 Å². The van der Waals surface area contributed by atoms with Gasteiger partial charge in [0, 0.05) is 17.6 Å². The molecule has 0 heterocycles. The third kappa shape index (κ3) is 10.6. The smallest absolute Gasteiger partial charge is 0.119 e. The summed E-state index contributed by atoms with van der Waals surface area (Å²) in [6.45, 7) is 0.902. The highest BCUT2D eigenvalue weighted by Gasteiger charge is 2.12. The summed E-state index contributed by atoms with van der Waals surface area (Å²) < 4.78 is 5.63. The number of hydrogen-bond acceptors (Lipinski definition) is 3. The second-order valence-electron chi connectivity index (χ2n) is 7.28. The molecule has 26 heavy (non-hydrogen) atoms. The Hall–Kier alpha value is -0.480. The van der Waals surface area contributed by atoms with Crippen LogP contribution in [0, 0.1) is 0 Å². The maximum Gasteiger partial charge on any atom is 0.119 e. The number of aliphatic hydroxyl groups excluding tert-OH is 1. The maximum atomic E-state index is 10.2. The van der Waals surface area contributed by atoms with Crippen LogP contribution in [-0.2, 0) is 0 Å². The van der Waals surface area contributed by atoms with Crippen LogP contribution in [0.3, 0.4) is 0 Å². The molecule has 0 saturated heterocycles. The molecule has 1 atom stereocenters. The van der Waals surface area contributed by atoms with Crippen LogP contribution in [0.4, 0.5) is 0 Å². The van der Waals surface area contributed by atoms with Crippen LogP contribution in [0.2, 0.25) is 5.02 Å². The molecule has 2 rings (SSSR count). The SMILES string of the molecule is Cl.OC(CNC1CCCCCCCCCCC1)COc1ccc(Cl)cc1. The first kappa shape index (κ1) is 23.6. The van der Waals surface area contributed by atoms with E-state index < -0.39 is 6.10 Å². The Morgan fingerprint density at radius 1 is 0.923 bits per heavy atom. The van der Waals surface area contributed by atoms with E-state index in [-0.39, 0.29) is 12.4 Å². The lowest BCUT2D eigenvalue weighted by Gasteiger charge is -2.21. The fourth-order valence-corrected chi connectivity index (χ4v) is 3.58. The number of benzene rings is 1. The van der Waals surface area contributed by atoms with Crippen molar-refractivity contribution in [3.05, 3.63) is 29.3 Å². The molecule has 1 unspecified atom stereocenters. The molecule has 0 amide bonds. The van der Waals surface area contributed by atoms with Gasteiger partial charge < -0.3 is 15.2 Å². The molecular weight excluding hydrogens is 369 g/mol. The Morgan fingerprint density at radius 3 is 1.96 bits per heavy atom. The topological polar surface area (TPSA) is 41.5 Å². The fourth-order valence-electron chi connectivity index (χ4n) is 3.45. The standard InChI is InChI=1S/C21H34ClNO2.ClH/c22-18-12-14-21(15-13-18)25-17-20(24)16-23-19-10-8-6-4-2-1-3-5-7-9-11-19;/h12-15,19-20,23-24H,1-11,16-17H2;1H. The molecule has 0 spiro atoms. The van der Waals surface area contributed by atoms with Gasteiger partial charge in [-0.2, -0.15) is 0 Å². The summed E-state index contributed by atoms with van der Waals surface area (Å²) in [6, 6.07) is 7.79. The summed E-state index contributed by atoms with van der Waals surface area (Å²) in [5.74, 6) is 0.745. The molecule has 0 bridgehead atoms. The van der Waals surface area contributed by atoms with Crippen LogP contribution < -0.4 is 10.1 Å². The van der Waals surface area contributed by atoms with Gasteiger partial charge in [0.25, 0.3) is 0 Å². The summed E-state index contributed by atoms with van der Waals surface area (Å²) in [7, 11) is 0. The monoisotopic (exact) mass is 403 g/mol. The van der Waals surface area contributed by atoms with Gasteiger partial charge in [-0.3, -0.25) is 0 Å². The zero-order valence-electron chi connectivity index (χ0n) is 15.8. The third-order valence-electron chi connectivity index (χ3n) is 5.00. The Morgan fingerprint density at radius 2 is 1.42 bits per heavy atom. The van der Waals surface area contributed by atoms with Gasteiger partial charge >= 0.3 is 0 Å². The number of ether oxygens (including phenoxy) is 1. The average Bonchev–Trinajstić information content (AvgIpc) is 2.61. The zero-order valence-corrected chi connectivity index (χ0v) is 17.4. The highest BCUT2D eigenvalue weighted by molar-refractivity contribution is 6.30. The summed E-state index contributed by atoms with van der Waals surface area (Å²) in [4.78, 5) is 0. The minimum atomic E-state index is -0.489. The predicted molar refractivity (Wildman–Crippen MR) is 113 cm³/mol. The molecule has 1 saturated carbocycles. The van der Waals surface area contributed by atoms with Gasteiger partial charge in [-0.05, 0) is 37.1 Å². The molecular formula is C21H35Cl2NO2.